The van der Waals surface area contributed by atoms with Crippen LogP contribution in [-0.4, -0.2) is 24.5 Å². The molecule has 3 aromatic rings. The van der Waals surface area contributed by atoms with Crippen LogP contribution in [0.4, 0.5) is 0 Å². The molecule has 138 valence electrons. The number of hydrogen-bond acceptors (Lipinski definition) is 4. The summed E-state index contributed by atoms with van der Waals surface area (Å²) in [5.74, 6) is 0.835. The van der Waals surface area contributed by atoms with Gasteiger partial charge >= 0.3 is 0 Å². The minimum atomic E-state index is -0.176. The third-order valence-electron chi connectivity index (χ3n) is 3.80. The van der Waals surface area contributed by atoms with Crippen LogP contribution in [0.25, 0.3) is 10.8 Å². The van der Waals surface area contributed by atoms with E-state index in [0.717, 1.165) is 27.0 Å². The Morgan fingerprint density at radius 1 is 1.15 bits per heavy atom. The van der Waals surface area contributed by atoms with Gasteiger partial charge in [0.2, 0.25) is 5.91 Å². The molecule has 0 atom stereocenters. The van der Waals surface area contributed by atoms with Gasteiger partial charge in [0.15, 0.2) is 0 Å². The lowest BCUT2D eigenvalue weighted by Gasteiger charge is -2.10. The number of fused-ring (bicyclic) bond motifs is 1. The molecule has 0 bridgehead atoms. The minimum Gasteiger partial charge on any atom is -0.493 e. The third-order valence-corrected chi connectivity index (χ3v) is 5.06. The highest BCUT2D eigenvalue weighted by atomic mass is 35.5. The maximum atomic E-state index is 12.0. The fraction of sp³-hybridized carbons (Fsp3) is 0.143. The SMILES string of the molecule is CCOc1ccc2ccccc2c1/C=N/NC(=O)CSc1ccc(Cl)cc1. The van der Waals surface area contributed by atoms with Gasteiger partial charge < -0.3 is 4.74 Å². The topological polar surface area (TPSA) is 50.7 Å². The van der Waals surface area contributed by atoms with Crippen molar-refractivity contribution in [2.24, 2.45) is 5.10 Å². The number of halogens is 1. The zero-order chi connectivity index (χ0) is 19.1. The summed E-state index contributed by atoms with van der Waals surface area (Å²) < 4.78 is 5.70. The van der Waals surface area contributed by atoms with Crippen LogP contribution in [0, 0.1) is 0 Å². The van der Waals surface area contributed by atoms with E-state index in [9.17, 15) is 4.79 Å². The van der Waals surface area contributed by atoms with Crippen LogP contribution >= 0.6 is 23.4 Å². The van der Waals surface area contributed by atoms with Crippen LogP contribution in [0.15, 0.2) is 70.7 Å². The molecule has 0 unspecified atom stereocenters. The molecule has 27 heavy (non-hydrogen) atoms. The highest BCUT2D eigenvalue weighted by molar-refractivity contribution is 8.00. The van der Waals surface area contributed by atoms with Crippen LogP contribution in [-0.2, 0) is 4.79 Å². The average Bonchev–Trinajstić information content (AvgIpc) is 2.69. The summed E-state index contributed by atoms with van der Waals surface area (Å²) in [5, 5.41) is 6.91. The fourth-order valence-electron chi connectivity index (χ4n) is 2.57. The smallest absolute Gasteiger partial charge is 0.250 e. The van der Waals surface area contributed by atoms with Crippen molar-refractivity contribution in [1.82, 2.24) is 5.43 Å². The predicted molar refractivity (Wildman–Crippen MR) is 113 cm³/mol. The molecule has 0 spiro atoms. The second kappa shape index (κ2) is 9.44. The molecule has 0 aliphatic heterocycles. The summed E-state index contributed by atoms with van der Waals surface area (Å²) in [5.41, 5.74) is 3.42. The molecular weight excluding hydrogens is 380 g/mol. The van der Waals surface area contributed by atoms with Crippen molar-refractivity contribution >= 4 is 46.3 Å². The maximum Gasteiger partial charge on any atom is 0.250 e. The highest BCUT2D eigenvalue weighted by Gasteiger charge is 2.07. The largest absolute Gasteiger partial charge is 0.493 e. The van der Waals surface area contributed by atoms with Crippen LogP contribution < -0.4 is 10.2 Å². The number of carbonyl (C=O) groups is 1. The lowest BCUT2D eigenvalue weighted by atomic mass is 10.0. The lowest BCUT2D eigenvalue weighted by molar-refractivity contribution is -0.118. The molecule has 4 nitrogen and oxygen atoms in total. The number of ether oxygens (including phenoxy) is 1. The standard InChI is InChI=1S/C21H19ClN2O2S/c1-2-26-20-12-7-15-5-3-4-6-18(15)19(20)13-23-24-21(25)14-27-17-10-8-16(22)9-11-17/h3-13H,2,14H2,1H3,(H,24,25)/b23-13+. The average molecular weight is 399 g/mol. The number of nitrogens with one attached hydrogen (secondary N) is 1. The van der Waals surface area contributed by atoms with Gasteiger partial charge in [0.25, 0.3) is 0 Å². The maximum absolute atomic E-state index is 12.0. The fourth-order valence-corrected chi connectivity index (χ4v) is 3.39. The summed E-state index contributed by atoms with van der Waals surface area (Å²) in [6, 6.07) is 19.3. The first-order valence-electron chi connectivity index (χ1n) is 8.52. The van der Waals surface area contributed by atoms with E-state index < -0.39 is 0 Å². The molecule has 6 heteroatoms. The Labute approximate surface area is 167 Å². The molecular formula is C21H19ClN2O2S. The summed E-state index contributed by atoms with van der Waals surface area (Å²) in [4.78, 5) is 13.0. The molecule has 0 saturated heterocycles. The van der Waals surface area contributed by atoms with Crippen LogP contribution in [0.1, 0.15) is 12.5 Å². The Bertz CT molecular complexity index is 958. The van der Waals surface area contributed by atoms with E-state index in [-0.39, 0.29) is 11.7 Å². The molecule has 1 amide bonds. The van der Waals surface area contributed by atoms with E-state index in [2.05, 4.69) is 10.5 Å². The Morgan fingerprint density at radius 2 is 1.93 bits per heavy atom. The first kappa shape index (κ1) is 19.3. The molecule has 0 aliphatic rings. The van der Waals surface area contributed by atoms with Gasteiger partial charge in [-0.15, -0.1) is 11.8 Å². The van der Waals surface area contributed by atoms with E-state index in [1.165, 1.54) is 11.8 Å². The van der Waals surface area contributed by atoms with E-state index in [4.69, 9.17) is 16.3 Å². The second-order valence-corrected chi connectivity index (χ2v) is 7.15. The summed E-state index contributed by atoms with van der Waals surface area (Å²) in [6.07, 6.45) is 1.64. The molecule has 1 N–H and O–H groups in total. The van der Waals surface area contributed by atoms with Gasteiger partial charge in [0.05, 0.1) is 18.6 Å². The van der Waals surface area contributed by atoms with Crippen molar-refractivity contribution in [3.8, 4) is 5.75 Å². The molecule has 0 radical (unpaired) electrons. The quantitative estimate of drug-likeness (QED) is 0.341. The number of benzene rings is 3. The molecule has 0 saturated carbocycles. The number of amides is 1. The van der Waals surface area contributed by atoms with E-state index in [1.54, 1.807) is 18.3 Å². The monoisotopic (exact) mass is 398 g/mol. The van der Waals surface area contributed by atoms with Gasteiger partial charge in [-0.2, -0.15) is 5.10 Å². The van der Waals surface area contributed by atoms with E-state index in [0.29, 0.717) is 11.6 Å². The zero-order valence-electron chi connectivity index (χ0n) is 14.8. The number of hydrogen-bond donors (Lipinski definition) is 1. The Balaban J connectivity index is 1.67. The second-order valence-electron chi connectivity index (χ2n) is 5.67. The molecule has 3 aromatic carbocycles. The van der Waals surface area contributed by atoms with Crippen LogP contribution in [0.2, 0.25) is 5.02 Å². The van der Waals surface area contributed by atoms with Crippen molar-refractivity contribution in [2.45, 2.75) is 11.8 Å². The minimum absolute atomic E-state index is 0.176. The Kier molecular flexibility index (Phi) is 6.74. The van der Waals surface area contributed by atoms with Crippen molar-refractivity contribution in [1.29, 1.82) is 0 Å². The number of nitrogens with zero attached hydrogens (tertiary/aromatic N) is 1. The summed E-state index contributed by atoms with van der Waals surface area (Å²) >= 11 is 7.29. The summed E-state index contributed by atoms with van der Waals surface area (Å²) in [7, 11) is 0. The highest BCUT2D eigenvalue weighted by Crippen LogP contribution is 2.26. The molecule has 0 aromatic heterocycles. The van der Waals surface area contributed by atoms with Gasteiger partial charge in [-0.05, 0) is 48.0 Å². The first-order valence-corrected chi connectivity index (χ1v) is 9.88. The normalized spacial score (nSPS) is 11.0. The van der Waals surface area contributed by atoms with Crippen LogP contribution in [0.3, 0.4) is 0 Å². The number of hydrazone groups is 1. The van der Waals surface area contributed by atoms with Gasteiger partial charge in [0.1, 0.15) is 5.75 Å². The van der Waals surface area contributed by atoms with Gasteiger partial charge in [-0.1, -0.05) is 41.9 Å². The first-order chi connectivity index (χ1) is 13.2. The molecule has 0 aliphatic carbocycles. The zero-order valence-corrected chi connectivity index (χ0v) is 16.4. The number of thioether (sulfide) groups is 1. The molecule has 0 heterocycles. The Morgan fingerprint density at radius 3 is 2.70 bits per heavy atom. The van der Waals surface area contributed by atoms with Gasteiger partial charge in [-0.3, -0.25) is 4.79 Å². The van der Waals surface area contributed by atoms with Crippen molar-refractivity contribution in [2.75, 3.05) is 12.4 Å². The van der Waals surface area contributed by atoms with Crippen molar-refractivity contribution < 1.29 is 9.53 Å². The molecule has 0 fully saturated rings. The lowest BCUT2D eigenvalue weighted by Crippen LogP contribution is -2.19. The number of carbonyl (C=O) groups excluding carboxylic acids is 1. The predicted octanol–water partition coefficient (Wildman–Crippen LogP) is 5.13. The van der Waals surface area contributed by atoms with E-state index >= 15 is 0 Å². The van der Waals surface area contributed by atoms with Crippen LogP contribution in [0.5, 0.6) is 5.75 Å². The summed E-state index contributed by atoms with van der Waals surface area (Å²) in [6.45, 7) is 2.50. The van der Waals surface area contributed by atoms with Gasteiger partial charge in [0, 0.05) is 15.5 Å². The van der Waals surface area contributed by atoms with E-state index in [1.807, 2.05) is 55.5 Å². The third kappa shape index (κ3) is 5.25. The number of rotatable bonds is 7. The van der Waals surface area contributed by atoms with Gasteiger partial charge in [-0.25, -0.2) is 5.43 Å². The van der Waals surface area contributed by atoms with Crippen molar-refractivity contribution in [3.63, 3.8) is 0 Å². The Hall–Kier alpha value is -2.50. The molecule has 3 rings (SSSR count). The van der Waals surface area contributed by atoms with Crippen molar-refractivity contribution in [3.05, 3.63) is 71.2 Å².